The first kappa shape index (κ1) is 9.67. The summed E-state index contributed by atoms with van der Waals surface area (Å²) in [6.45, 7) is 1.79. The second kappa shape index (κ2) is 4.10. The van der Waals surface area contributed by atoms with Crippen molar-refractivity contribution in [2.24, 2.45) is 5.73 Å². The molecule has 2 aromatic rings. The summed E-state index contributed by atoms with van der Waals surface area (Å²) in [7, 11) is 0. The molecular formula is C10H12N4O. The zero-order valence-corrected chi connectivity index (χ0v) is 8.34. The smallest absolute Gasteiger partial charge is 0.320 e. The van der Waals surface area contributed by atoms with Crippen molar-refractivity contribution in [3.63, 3.8) is 0 Å². The molecule has 1 aromatic heterocycles. The largest absolute Gasteiger partial charge is 0.406 e. The van der Waals surface area contributed by atoms with E-state index in [9.17, 15) is 0 Å². The average molecular weight is 204 g/mol. The van der Waals surface area contributed by atoms with Crippen LogP contribution >= 0.6 is 0 Å². The summed E-state index contributed by atoms with van der Waals surface area (Å²) in [5, 5.41) is 10.6. The van der Waals surface area contributed by atoms with E-state index in [1.54, 1.807) is 6.92 Å². The molecule has 0 aliphatic carbocycles. The van der Waals surface area contributed by atoms with Gasteiger partial charge < -0.3 is 15.5 Å². The SMILES string of the molecule is C[C@H](N)c1nnc(Nc2ccccc2)o1. The van der Waals surface area contributed by atoms with Crippen LogP contribution in [-0.2, 0) is 0 Å². The highest BCUT2D eigenvalue weighted by Crippen LogP contribution is 2.16. The van der Waals surface area contributed by atoms with Gasteiger partial charge in [-0.25, -0.2) is 0 Å². The van der Waals surface area contributed by atoms with Crippen LogP contribution in [0.4, 0.5) is 11.7 Å². The van der Waals surface area contributed by atoms with Crippen LogP contribution < -0.4 is 11.1 Å². The molecule has 1 heterocycles. The summed E-state index contributed by atoms with van der Waals surface area (Å²) in [4.78, 5) is 0. The van der Waals surface area contributed by atoms with E-state index in [0.29, 0.717) is 11.9 Å². The molecule has 0 fully saturated rings. The fourth-order valence-corrected chi connectivity index (χ4v) is 1.11. The third kappa shape index (κ3) is 2.32. The van der Waals surface area contributed by atoms with Crippen LogP contribution in [0.2, 0.25) is 0 Å². The fraction of sp³-hybridized carbons (Fsp3) is 0.200. The summed E-state index contributed by atoms with van der Waals surface area (Å²) in [5.74, 6) is 0.424. The van der Waals surface area contributed by atoms with E-state index in [-0.39, 0.29) is 6.04 Å². The van der Waals surface area contributed by atoms with E-state index in [1.807, 2.05) is 30.3 Å². The maximum Gasteiger partial charge on any atom is 0.320 e. The van der Waals surface area contributed by atoms with Crippen molar-refractivity contribution < 1.29 is 4.42 Å². The topological polar surface area (TPSA) is 77.0 Å². The maximum atomic E-state index is 5.60. The Morgan fingerprint density at radius 2 is 2.00 bits per heavy atom. The van der Waals surface area contributed by atoms with Gasteiger partial charge in [0, 0.05) is 5.69 Å². The molecule has 5 heteroatoms. The standard InChI is InChI=1S/C10H12N4O/c1-7(11)9-13-14-10(15-9)12-8-5-3-2-4-6-8/h2-7H,11H2,1H3,(H,12,14)/t7-/m0/s1. The Morgan fingerprint density at radius 1 is 1.27 bits per heavy atom. The lowest BCUT2D eigenvalue weighted by atomic mass is 10.3. The van der Waals surface area contributed by atoms with Crippen LogP contribution in [0, 0.1) is 0 Å². The van der Waals surface area contributed by atoms with Crippen LogP contribution in [0.3, 0.4) is 0 Å². The summed E-state index contributed by atoms with van der Waals surface area (Å²) in [5.41, 5.74) is 6.50. The average Bonchev–Trinajstić information content (AvgIpc) is 2.68. The van der Waals surface area contributed by atoms with Gasteiger partial charge in [-0.15, -0.1) is 5.10 Å². The first-order valence-electron chi connectivity index (χ1n) is 4.67. The van der Waals surface area contributed by atoms with Crippen LogP contribution in [-0.4, -0.2) is 10.2 Å². The molecule has 0 aliphatic rings. The van der Waals surface area contributed by atoms with Gasteiger partial charge in [0.25, 0.3) is 0 Å². The molecule has 1 atom stereocenters. The Labute approximate surface area is 87.3 Å². The number of nitrogens with one attached hydrogen (secondary N) is 1. The number of hydrogen-bond acceptors (Lipinski definition) is 5. The van der Waals surface area contributed by atoms with Crippen LogP contribution in [0.15, 0.2) is 34.7 Å². The molecule has 0 saturated heterocycles. The van der Waals surface area contributed by atoms with Crippen molar-refractivity contribution in [1.82, 2.24) is 10.2 Å². The number of rotatable bonds is 3. The lowest BCUT2D eigenvalue weighted by Crippen LogP contribution is -2.04. The zero-order chi connectivity index (χ0) is 10.7. The third-order valence-electron chi connectivity index (χ3n) is 1.86. The highest BCUT2D eigenvalue weighted by molar-refractivity contribution is 5.50. The molecule has 2 rings (SSSR count). The molecule has 1 aromatic carbocycles. The van der Waals surface area contributed by atoms with Crippen molar-refractivity contribution in [3.05, 3.63) is 36.2 Å². The monoisotopic (exact) mass is 204 g/mol. The lowest BCUT2D eigenvalue weighted by Gasteiger charge is -1.99. The highest BCUT2D eigenvalue weighted by Gasteiger charge is 2.09. The molecule has 0 unspecified atom stereocenters. The molecule has 15 heavy (non-hydrogen) atoms. The zero-order valence-electron chi connectivity index (χ0n) is 8.34. The summed E-state index contributed by atoms with van der Waals surface area (Å²) < 4.78 is 5.29. The Bertz CT molecular complexity index is 424. The van der Waals surface area contributed by atoms with Gasteiger partial charge in [0.05, 0.1) is 6.04 Å². The van der Waals surface area contributed by atoms with Crippen molar-refractivity contribution in [2.75, 3.05) is 5.32 Å². The molecule has 0 bridgehead atoms. The minimum absolute atomic E-state index is 0.246. The van der Waals surface area contributed by atoms with Gasteiger partial charge in [-0.05, 0) is 19.1 Å². The first-order chi connectivity index (χ1) is 7.25. The number of anilines is 2. The van der Waals surface area contributed by atoms with Crippen LogP contribution in [0.1, 0.15) is 18.9 Å². The molecular weight excluding hydrogens is 192 g/mol. The number of hydrogen-bond donors (Lipinski definition) is 2. The predicted molar refractivity (Wildman–Crippen MR) is 56.6 cm³/mol. The summed E-state index contributed by atoms with van der Waals surface area (Å²) in [6, 6.07) is 9.71. The van der Waals surface area contributed by atoms with Crippen LogP contribution in [0.5, 0.6) is 0 Å². The van der Waals surface area contributed by atoms with Crippen molar-refractivity contribution in [2.45, 2.75) is 13.0 Å². The van der Waals surface area contributed by atoms with Crippen molar-refractivity contribution >= 4 is 11.7 Å². The van der Waals surface area contributed by atoms with Gasteiger partial charge in [-0.2, -0.15) is 0 Å². The molecule has 0 aliphatic heterocycles. The Morgan fingerprint density at radius 3 is 2.60 bits per heavy atom. The number of nitrogens with zero attached hydrogens (tertiary/aromatic N) is 2. The first-order valence-corrected chi connectivity index (χ1v) is 4.67. The predicted octanol–water partition coefficient (Wildman–Crippen LogP) is 1.83. The molecule has 0 spiro atoms. The minimum atomic E-state index is -0.246. The maximum absolute atomic E-state index is 5.60. The van der Waals surface area contributed by atoms with Gasteiger partial charge in [-0.3, -0.25) is 0 Å². The second-order valence-corrected chi connectivity index (χ2v) is 3.23. The van der Waals surface area contributed by atoms with Crippen molar-refractivity contribution in [1.29, 1.82) is 0 Å². The van der Waals surface area contributed by atoms with Crippen molar-refractivity contribution in [3.8, 4) is 0 Å². The van der Waals surface area contributed by atoms with Gasteiger partial charge >= 0.3 is 6.01 Å². The van der Waals surface area contributed by atoms with Crippen LogP contribution in [0.25, 0.3) is 0 Å². The summed E-state index contributed by atoms with van der Waals surface area (Å²) in [6.07, 6.45) is 0. The minimum Gasteiger partial charge on any atom is -0.406 e. The number of nitrogens with two attached hydrogens (primary N) is 1. The number of aromatic nitrogens is 2. The third-order valence-corrected chi connectivity index (χ3v) is 1.86. The number of para-hydroxylation sites is 1. The van der Waals surface area contributed by atoms with Gasteiger partial charge in [0.15, 0.2) is 0 Å². The quantitative estimate of drug-likeness (QED) is 0.797. The second-order valence-electron chi connectivity index (χ2n) is 3.23. The van der Waals surface area contributed by atoms with Gasteiger partial charge in [0.2, 0.25) is 5.89 Å². The van der Waals surface area contributed by atoms with Gasteiger partial charge in [-0.1, -0.05) is 23.3 Å². The highest BCUT2D eigenvalue weighted by atomic mass is 16.4. The van der Waals surface area contributed by atoms with E-state index >= 15 is 0 Å². The fourth-order valence-electron chi connectivity index (χ4n) is 1.11. The normalized spacial score (nSPS) is 12.4. The molecule has 78 valence electrons. The lowest BCUT2D eigenvalue weighted by molar-refractivity contribution is 0.475. The number of benzene rings is 1. The van der Waals surface area contributed by atoms with E-state index in [0.717, 1.165) is 5.69 Å². The molecule has 0 radical (unpaired) electrons. The van der Waals surface area contributed by atoms with E-state index in [1.165, 1.54) is 0 Å². The molecule has 5 nitrogen and oxygen atoms in total. The molecule has 0 amide bonds. The van der Waals surface area contributed by atoms with E-state index < -0.39 is 0 Å². The Kier molecular flexibility index (Phi) is 2.64. The van der Waals surface area contributed by atoms with E-state index in [4.69, 9.17) is 10.2 Å². The summed E-state index contributed by atoms with van der Waals surface area (Å²) >= 11 is 0. The van der Waals surface area contributed by atoms with E-state index in [2.05, 4.69) is 15.5 Å². The molecule has 3 N–H and O–H groups in total. The Balaban J connectivity index is 2.12. The molecule has 0 saturated carbocycles. The Hall–Kier alpha value is -1.88. The van der Waals surface area contributed by atoms with Gasteiger partial charge in [0.1, 0.15) is 0 Å².